The van der Waals surface area contributed by atoms with Crippen molar-refractivity contribution in [2.75, 3.05) is 13.1 Å². The summed E-state index contributed by atoms with van der Waals surface area (Å²) in [7, 11) is 0. The molecule has 0 unspecified atom stereocenters. The maximum absolute atomic E-state index is 11.9. The molecule has 112 valence electrons. The number of nitrogens with zero attached hydrogens (tertiary/aromatic N) is 3. The Kier molecular flexibility index (Phi) is 4.68. The van der Waals surface area contributed by atoms with Gasteiger partial charge in [0.1, 0.15) is 0 Å². The largest absolute Gasteiger partial charge is 0.336 e. The van der Waals surface area contributed by atoms with Crippen molar-refractivity contribution >= 4 is 6.03 Å². The summed E-state index contributed by atoms with van der Waals surface area (Å²) in [5, 5.41) is 7.48. The standard InChI is InChI=1S/C15H26N4O/c1-11(2)16-15(20)18-7-5-14(6-8-18)10-19-13(4)9-12(3)17-19/h9,11,14H,5-8,10H2,1-4H3,(H,16,20). The lowest BCUT2D eigenvalue weighted by Gasteiger charge is -2.32. The lowest BCUT2D eigenvalue weighted by Crippen LogP contribution is -2.46. The van der Waals surface area contributed by atoms with Crippen molar-refractivity contribution in [2.24, 2.45) is 5.92 Å². The number of hydrogen-bond acceptors (Lipinski definition) is 2. The van der Waals surface area contributed by atoms with Crippen LogP contribution >= 0.6 is 0 Å². The second kappa shape index (κ2) is 6.29. The molecule has 0 aliphatic carbocycles. The molecule has 5 heteroatoms. The summed E-state index contributed by atoms with van der Waals surface area (Å²) in [6, 6.07) is 2.39. The van der Waals surface area contributed by atoms with Crippen LogP contribution in [0.25, 0.3) is 0 Å². The van der Waals surface area contributed by atoms with Crippen LogP contribution in [-0.2, 0) is 6.54 Å². The molecule has 0 atom stereocenters. The molecule has 0 radical (unpaired) electrons. The van der Waals surface area contributed by atoms with E-state index in [0.717, 1.165) is 38.2 Å². The first-order valence-electron chi connectivity index (χ1n) is 7.52. The van der Waals surface area contributed by atoms with Crippen LogP contribution < -0.4 is 5.32 Å². The molecule has 0 bridgehead atoms. The highest BCUT2D eigenvalue weighted by Crippen LogP contribution is 2.20. The van der Waals surface area contributed by atoms with E-state index in [-0.39, 0.29) is 12.1 Å². The van der Waals surface area contributed by atoms with Gasteiger partial charge in [-0.3, -0.25) is 4.68 Å². The number of carbonyl (C=O) groups excluding carboxylic acids is 1. The number of rotatable bonds is 3. The zero-order valence-corrected chi connectivity index (χ0v) is 13.0. The fourth-order valence-electron chi connectivity index (χ4n) is 2.76. The Morgan fingerprint density at radius 3 is 2.55 bits per heavy atom. The Bertz CT molecular complexity index is 458. The molecule has 2 amide bonds. The summed E-state index contributed by atoms with van der Waals surface area (Å²) in [5.74, 6) is 0.621. The predicted octanol–water partition coefficient (Wildman–Crippen LogP) is 2.33. The Labute approximate surface area is 121 Å². The average Bonchev–Trinajstić information content (AvgIpc) is 2.68. The van der Waals surface area contributed by atoms with E-state index < -0.39 is 0 Å². The number of likely N-dealkylation sites (tertiary alicyclic amines) is 1. The molecule has 0 aromatic carbocycles. The zero-order chi connectivity index (χ0) is 14.7. The van der Waals surface area contributed by atoms with E-state index >= 15 is 0 Å². The summed E-state index contributed by atoms with van der Waals surface area (Å²) in [5.41, 5.74) is 2.30. The fraction of sp³-hybridized carbons (Fsp3) is 0.733. The number of carbonyl (C=O) groups is 1. The van der Waals surface area contributed by atoms with Crippen LogP contribution in [-0.4, -0.2) is 39.8 Å². The SMILES string of the molecule is Cc1cc(C)n(CC2CCN(C(=O)NC(C)C)CC2)n1. The smallest absolute Gasteiger partial charge is 0.317 e. The van der Waals surface area contributed by atoms with E-state index in [0.29, 0.717) is 5.92 Å². The van der Waals surface area contributed by atoms with Gasteiger partial charge in [0.2, 0.25) is 0 Å². The van der Waals surface area contributed by atoms with Gasteiger partial charge >= 0.3 is 6.03 Å². The Hall–Kier alpha value is -1.52. The Morgan fingerprint density at radius 2 is 2.05 bits per heavy atom. The second-order valence-corrected chi connectivity index (χ2v) is 6.14. The highest BCUT2D eigenvalue weighted by atomic mass is 16.2. The Balaban J connectivity index is 1.82. The molecule has 0 saturated carbocycles. The van der Waals surface area contributed by atoms with Crippen LogP contribution in [0.1, 0.15) is 38.1 Å². The lowest BCUT2D eigenvalue weighted by atomic mass is 9.97. The zero-order valence-electron chi connectivity index (χ0n) is 13.0. The third kappa shape index (κ3) is 3.74. The summed E-state index contributed by atoms with van der Waals surface area (Å²) < 4.78 is 2.10. The van der Waals surface area contributed by atoms with Gasteiger partial charge in [-0.2, -0.15) is 5.10 Å². The molecule has 2 rings (SSSR count). The van der Waals surface area contributed by atoms with Crippen molar-refractivity contribution < 1.29 is 4.79 Å². The maximum atomic E-state index is 11.9. The minimum Gasteiger partial charge on any atom is -0.336 e. The summed E-state index contributed by atoms with van der Waals surface area (Å²) in [4.78, 5) is 13.9. The number of aryl methyl sites for hydroxylation is 2. The predicted molar refractivity (Wildman–Crippen MR) is 79.7 cm³/mol. The van der Waals surface area contributed by atoms with Gasteiger partial charge in [0.25, 0.3) is 0 Å². The molecule has 20 heavy (non-hydrogen) atoms. The van der Waals surface area contributed by atoms with E-state index in [9.17, 15) is 4.79 Å². The van der Waals surface area contributed by atoms with E-state index in [2.05, 4.69) is 28.1 Å². The van der Waals surface area contributed by atoms with Crippen molar-refractivity contribution in [3.63, 3.8) is 0 Å². The summed E-state index contributed by atoms with van der Waals surface area (Å²) >= 11 is 0. The number of urea groups is 1. The van der Waals surface area contributed by atoms with Gasteiger partial charge in [0, 0.05) is 31.4 Å². The van der Waals surface area contributed by atoms with Crippen LogP contribution in [0.15, 0.2) is 6.07 Å². The minimum absolute atomic E-state index is 0.0737. The number of amides is 2. The van der Waals surface area contributed by atoms with E-state index in [4.69, 9.17) is 0 Å². The van der Waals surface area contributed by atoms with Crippen LogP contribution in [0.3, 0.4) is 0 Å². The molecule has 1 saturated heterocycles. The van der Waals surface area contributed by atoms with Crippen molar-refractivity contribution in [3.8, 4) is 0 Å². The quantitative estimate of drug-likeness (QED) is 0.922. The molecule has 5 nitrogen and oxygen atoms in total. The van der Waals surface area contributed by atoms with Crippen LogP contribution in [0.5, 0.6) is 0 Å². The molecule has 1 aromatic heterocycles. The highest BCUT2D eigenvalue weighted by Gasteiger charge is 2.23. The average molecular weight is 278 g/mol. The number of nitrogens with one attached hydrogen (secondary N) is 1. The van der Waals surface area contributed by atoms with Gasteiger partial charge in [-0.25, -0.2) is 4.79 Å². The van der Waals surface area contributed by atoms with E-state index in [1.54, 1.807) is 0 Å². The van der Waals surface area contributed by atoms with Crippen LogP contribution in [0, 0.1) is 19.8 Å². The molecule has 1 aromatic rings. The van der Waals surface area contributed by atoms with Crippen molar-refractivity contribution in [1.29, 1.82) is 0 Å². The maximum Gasteiger partial charge on any atom is 0.317 e. The van der Waals surface area contributed by atoms with Gasteiger partial charge in [-0.15, -0.1) is 0 Å². The van der Waals surface area contributed by atoms with Gasteiger partial charge in [-0.1, -0.05) is 0 Å². The van der Waals surface area contributed by atoms with E-state index in [1.165, 1.54) is 5.69 Å². The molecule has 1 N–H and O–H groups in total. The first-order chi connectivity index (χ1) is 9.45. The third-order valence-electron chi connectivity index (χ3n) is 3.85. The summed E-state index contributed by atoms with van der Waals surface area (Å²) in [6.45, 7) is 10.8. The fourth-order valence-corrected chi connectivity index (χ4v) is 2.76. The van der Waals surface area contributed by atoms with Gasteiger partial charge in [0.15, 0.2) is 0 Å². The monoisotopic (exact) mass is 278 g/mol. The minimum atomic E-state index is 0.0737. The molecule has 1 aliphatic heterocycles. The first-order valence-corrected chi connectivity index (χ1v) is 7.52. The van der Waals surface area contributed by atoms with Crippen LogP contribution in [0.2, 0.25) is 0 Å². The normalized spacial score (nSPS) is 16.8. The first kappa shape index (κ1) is 14.9. The highest BCUT2D eigenvalue weighted by molar-refractivity contribution is 5.74. The topological polar surface area (TPSA) is 50.2 Å². The summed E-state index contributed by atoms with van der Waals surface area (Å²) in [6.07, 6.45) is 2.12. The Morgan fingerprint density at radius 1 is 1.40 bits per heavy atom. The number of piperidine rings is 1. The van der Waals surface area contributed by atoms with E-state index in [1.807, 2.05) is 25.7 Å². The molecular weight excluding hydrogens is 252 g/mol. The molecule has 1 aliphatic rings. The van der Waals surface area contributed by atoms with Crippen molar-refractivity contribution in [3.05, 3.63) is 17.5 Å². The van der Waals surface area contributed by atoms with Gasteiger partial charge in [-0.05, 0) is 52.5 Å². The van der Waals surface area contributed by atoms with Crippen LogP contribution in [0.4, 0.5) is 4.79 Å². The molecule has 0 spiro atoms. The molecule has 2 heterocycles. The second-order valence-electron chi connectivity index (χ2n) is 6.14. The lowest BCUT2D eigenvalue weighted by molar-refractivity contribution is 0.162. The number of hydrogen-bond donors (Lipinski definition) is 1. The third-order valence-corrected chi connectivity index (χ3v) is 3.85. The van der Waals surface area contributed by atoms with Gasteiger partial charge in [0.05, 0.1) is 5.69 Å². The number of aromatic nitrogens is 2. The van der Waals surface area contributed by atoms with Gasteiger partial charge < -0.3 is 10.2 Å². The van der Waals surface area contributed by atoms with Crippen molar-refractivity contribution in [1.82, 2.24) is 20.0 Å². The molecule has 1 fully saturated rings. The van der Waals surface area contributed by atoms with Crippen molar-refractivity contribution in [2.45, 2.75) is 53.1 Å². The molecular formula is C15H26N4O.